The second-order valence-electron chi connectivity index (χ2n) is 7.49. The van der Waals surface area contributed by atoms with E-state index < -0.39 is 0 Å². The normalized spacial score (nSPS) is 23.3. The first-order chi connectivity index (χ1) is 13.2. The molecule has 0 radical (unpaired) electrons. The van der Waals surface area contributed by atoms with Crippen LogP contribution < -0.4 is 10.6 Å². The highest BCUT2D eigenvalue weighted by molar-refractivity contribution is 7.99. The molecule has 1 aromatic rings. The molecule has 148 valence electrons. The maximum Gasteiger partial charge on any atom is 0.253 e. The van der Waals surface area contributed by atoms with E-state index in [1.165, 1.54) is 25.7 Å². The van der Waals surface area contributed by atoms with Gasteiger partial charge in [0.1, 0.15) is 0 Å². The van der Waals surface area contributed by atoms with Gasteiger partial charge in [-0.1, -0.05) is 12.1 Å². The lowest BCUT2D eigenvalue weighted by atomic mass is 10.1. The Kier molecular flexibility index (Phi) is 7.44. The SMILES string of the molecule is CN=C(NCc1ccc(C(=O)N2CCCCC2)cc1)NC1CCC(SC)C1. The van der Waals surface area contributed by atoms with Crippen LogP contribution in [0.3, 0.4) is 0 Å². The molecule has 0 spiro atoms. The fourth-order valence-electron chi connectivity index (χ4n) is 3.90. The molecule has 27 heavy (non-hydrogen) atoms. The van der Waals surface area contributed by atoms with Gasteiger partial charge < -0.3 is 15.5 Å². The fraction of sp³-hybridized carbons (Fsp3) is 0.619. The summed E-state index contributed by atoms with van der Waals surface area (Å²) in [7, 11) is 1.82. The van der Waals surface area contributed by atoms with Gasteiger partial charge in [0.15, 0.2) is 5.96 Å². The first-order valence-electron chi connectivity index (χ1n) is 10.1. The van der Waals surface area contributed by atoms with Crippen LogP contribution in [0.5, 0.6) is 0 Å². The number of amides is 1. The van der Waals surface area contributed by atoms with Gasteiger partial charge in [-0.25, -0.2) is 0 Å². The zero-order valence-corrected chi connectivity index (χ0v) is 17.4. The summed E-state index contributed by atoms with van der Waals surface area (Å²) in [6, 6.07) is 8.49. The summed E-state index contributed by atoms with van der Waals surface area (Å²) in [6.07, 6.45) is 9.37. The van der Waals surface area contributed by atoms with Crippen LogP contribution in [0, 0.1) is 0 Å². The Morgan fingerprint density at radius 2 is 1.93 bits per heavy atom. The Hall–Kier alpha value is -1.69. The van der Waals surface area contributed by atoms with Gasteiger partial charge in [0.2, 0.25) is 0 Å². The Bertz CT molecular complexity index is 640. The number of aliphatic imine (C=N–C) groups is 1. The van der Waals surface area contributed by atoms with Crippen molar-refractivity contribution in [3.8, 4) is 0 Å². The second-order valence-corrected chi connectivity index (χ2v) is 8.63. The zero-order valence-electron chi connectivity index (χ0n) is 16.5. The third kappa shape index (κ3) is 5.64. The third-order valence-electron chi connectivity index (χ3n) is 5.59. The molecule has 1 aliphatic carbocycles. The molecule has 2 N–H and O–H groups in total. The highest BCUT2D eigenvalue weighted by Crippen LogP contribution is 2.28. The average molecular weight is 389 g/mol. The molecule has 6 heteroatoms. The lowest BCUT2D eigenvalue weighted by Crippen LogP contribution is -2.42. The van der Waals surface area contributed by atoms with Gasteiger partial charge in [-0.05, 0) is 62.5 Å². The van der Waals surface area contributed by atoms with Gasteiger partial charge in [-0.15, -0.1) is 0 Å². The number of guanidine groups is 1. The Morgan fingerprint density at radius 1 is 1.19 bits per heavy atom. The molecule has 2 unspecified atom stereocenters. The minimum absolute atomic E-state index is 0.163. The molecule has 0 bridgehead atoms. The molecule has 2 fully saturated rings. The fourth-order valence-corrected chi connectivity index (χ4v) is 4.70. The minimum Gasteiger partial charge on any atom is -0.354 e. The number of carbonyl (C=O) groups excluding carboxylic acids is 1. The van der Waals surface area contributed by atoms with Crippen molar-refractivity contribution in [1.29, 1.82) is 0 Å². The summed E-state index contributed by atoms with van der Waals surface area (Å²) < 4.78 is 0. The van der Waals surface area contributed by atoms with Crippen LogP contribution in [-0.2, 0) is 6.54 Å². The molecule has 0 aromatic heterocycles. The second kappa shape index (κ2) is 10.0. The predicted molar refractivity (Wildman–Crippen MR) is 114 cm³/mol. The van der Waals surface area contributed by atoms with Gasteiger partial charge in [-0.2, -0.15) is 11.8 Å². The van der Waals surface area contributed by atoms with Crippen LogP contribution in [0.2, 0.25) is 0 Å². The van der Waals surface area contributed by atoms with E-state index in [9.17, 15) is 4.79 Å². The number of thioether (sulfide) groups is 1. The van der Waals surface area contributed by atoms with Gasteiger partial charge in [0, 0.05) is 43.5 Å². The first-order valence-corrected chi connectivity index (χ1v) is 11.4. The maximum atomic E-state index is 12.5. The Morgan fingerprint density at radius 3 is 2.56 bits per heavy atom. The van der Waals surface area contributed by atoms with Gasteiger partial charge >= 0.3 is 0 Å². The van der Waals surface area contributed by atoms with Crippen molar-refractivity contribution in [2.45, 2.75) is 56.4 Å². The highest BCUT2D eigenvalue weighted by Gasteiger charge is 2.24. The number of hydrogen-bond acceptors (Lipinski definition) is 3. The van der Waals surface area contributed by atoms with E-state index in [4.69, 9.17) is 0 Å². The molecule has 1 saturated heterocycles. The van der Waals surface area contributed by atoms with E-state index in [0.29, 0.717) is 12.6 Å². The van der Waals surface area contributed by atoms with E-state index in [2.05, 4.69) is 21.9 Å². The summed E-state index contributed by atoms with van der Waals surface area (Å²) in [5, 5.41) is 7.70. The van der Waals surface area contributed by atoms with Crippen molar-refractivity contribution in [1.82, 2.24) is 15.5 Å². The van der Waals surface area contributed by atoms with Crippen molar-refractivity contribution in [2.24, 2.45) is 4.99 Å². The monoisotopic (exact) mass is 388 g/mol. The Labute approximate surface area is 167 Å². The van der Waals surface area contributed by atoms with Crippen molar-refractivity contribution >= 4 is 23.6 Å². The topological polar surface area (TPSA) is 56.7 Å². The van der Waals surface area contributed by atoms with Gasteiger partial charge in [-0.3, -0.25) is 9.79 Å². The zero-order chi connectivity index (χ0) is 19.1. The lowest BCUT2D eigenvalue weighted by Gasteiger charge is -2.26. The van der Waals surface area contributed by atoms with Crippen molar-refractivity contribution in [3.63, 3.8) is 0 Å². The Balaban J connectivity index is 1.48. The summed E-state index contributed by atoms with van der Waals surface area (Å²) in [4.78, 5) is 18.9. The van der Waals surface area contributed by atoms with Crippen LogP contribution in [-0.4, -0.2) is 54.5 Å². The predicted octanol–water partition coefficient (Wildman–Crippen LogP) is 3.26. The number of nitrogens with zero attached hydrogens (tertiary/aromatic N) is 2. The van der Waals surface area contributed by atoms with E-state index in [1.54, 1.807) is 0 Å². The van der Waals surface area contributed by atoms with Crippen LogP contribution in [0.15, 0.2) is 29.3 Å². The molecule has 5 nitrogen and oxygen atoms in total. The third-order valence-corrected chi connectivity index (χ3v) is 6.68. The summed E-state index contributed by atoms with van der Waals surface area (Å²) in [5.41, 5.74) is 1.94. The van der Waals surface area contributed by atoms with Crippen LogP contribution in [0.1, 0.15) is 54.4 Å². The molecule has 1 saturated carbocycles. The van der Waals surface area contributed by atoms with Gasteiger partial charge in [0.05, 0.1) is 0 Å². The van der Waals surface area contributed by atoms with Crippen LogP contribution >= 0.6 is 11.8 Å². The molecule has 1 amide bonds. The molecule has 1 heterocycles. The molecule has 1 aromatic carbocycles. The summed E-state index contributed by atoms with van der Waals surface area (Å²) >= 11 is 1.96. The number of rotatable bonds is 5. The first kappa shape index (κ1) is 20.1. The van der Waals surface area contributed by atoms with Crippen LogP contribution in [0.25, 0.3) is 0 Å². The molecule has 2 aliphatic rings. The molecule has 3 rings (SSSR count). The number of carbonyl (C=O) groups is 1. The summed E-state index contributed by atoms with van der Waals surface area (Å²) in [6.45, 7) is 2.49. The number of piperidine rings is 1. The van der Waals surface area contributed by atoms with E-state index >= 15 is 0 Å². The van der Waals surface area contributed by atoms with Crippen molar-refractivity contribution in [3.05, 3.63) is 35.4 Å². The number of likely N-dealkylation sites (tertiary alicyclic amines) is 1. The quantitative estimate of drug-likeness (QED) is 0.600. The number of benzene rings is 1. The standard InChI is InChI=1S/C21H32N4OS/c1-22-21(24-18-10-11-19(14-18)27-2)23-15-16-6-8-17(9-7-16)20(26)25-12-4-3-5-13-25/h6-9,18-19H,3-5,10-15H2,1-2H3,(H2,22,23,24). The maximum absolute atomic E-state index is 12.5. The molecule has 2 atom stereocenters. The average Bonchev–Trinajstić information content (AvgIpc) is 3.19. The van der Waals surface area contributed by atoms with Gasteiger partial charge in [0.25, 0.3) is 5.91 Å². The van der Waals surface area contributed by atoms with E-state index in [1.807, 2.05) is 48.0 Å². The molecular weight excluding hydrogens is 356 g/mol. The molecule has 1 aliphatic heterocycles. The number of nitrogens with one attached hydrogen (secondary N) is 2. The van der Waals surface area contributed by atoms with E-state index in [0.717, 1.165) is 48.3 Å². The molecular formula is C21H32N4OS. The lowest BCUT2D eigenvalue weighted by molar-refractivity contribution is 0.0724. The van der Waals surface area contributed by atoms with E-state index in [-0.39, 0.29) is 5.91 Å². The smallest absolute Gasteiger partial charge is 0.253 e. The summed E-state index contributed by atoms with van der Waals surface area (Å²) in [5.74, 6) is 1.02. The van der Waals surface area contributed by atoms with Crippen molar-refractivity contribution in [2.75, 3.05) is 26.4 Å². The largest absolute Gasteiger partial charge is 0.354 e. The number of hydrogen-bond donors (Lipinski definition) is 2. The van der Waals surface area contributed by atoms with Crippen molar-refractivity contribution < 1.29 is 4.79 Å². The minimum atomic E-state index is 0.163. The van der Waals surface area contributed by atoms with Crippen LogP contribution in [0.4, 0.5) is 0 Å². The highest BCUT2D eigenvalue weighted by atomic mass is 32.2.